The summed E-state index contributed by atoms with van der Waals surface area (Å²) in [7, 11) is 0. The van der Waals surface area contributed by atoms with Crippen LogP contribution in [-0.4, -0.2) is 21.1 Å². The van der Waals surface area contributed by atoms with E-state index in [2.05, 4.69) is 9.97 Å². The molecule has 1 amide bonds. The number of rotatable bonds is 1. The molecular weight excluding hydrogens is 239 g/mol. The zero-order valence-corrected chi connectivity index (χ0v) is 8.17. The largest absolute Gasteiger partial charge is 0.449 e. The number of nitrogens with zero attached hydrogens (tertiary/aromatic N) is 1. The first-order valence-electron chi connectivity index (χ1n) is 4.43. The first-order chi connectivity index (χ1) is 7.91. The number of carbonyl (C=O) groups is 1. The van der Waals surface area contributed by atoms with Crippen LogP contribution in [0.2, 0.25) is 0 Å². The van der Waals surface area contributed by atoms with E-state index in [1.165, 1.54) is 23.7 Å². The van der Waals surface area contributed by atoms with E-state index in [0.29, 0.717) is 0 Å². The monoisotopic (exact) mass is 245 g/mol. The van der Waals surface area contributed by atoms with Gasteiger partial charge in [-0.3, -0.25) is 10.0 Å². The lowest BCUT2D eigenvalue weighted by Crippen LogP contribution is -2.18. The van der Waals surface area contributed by atoms with Crippen molar-refractivity contribution in [1.29, 1.82) is 0 Å². The van der Waals surface area contributed by atoms with E-state index in [1.807, 2.05) is 0 Å². The smallest absolute Gasteiger partial charge is 0.334 e. The van der Waals surface area contributed by atoms with Gasteiger partial charge in [0.25, 0.3) is 5.91 Å². The van der Waals surface area contributed by atoms with Gasteiger partial charge >= 0.3 is 6.18 Å². The van der Waals surface area contributed by atoms with Gasteiger partial charge in [-0.05, 0) is 18.2 Å². The Hall–Kier alpha value is -2.09. The number of halogens is 3. The van der Waals surface area contributed by atoms with Crippen LogP contribution in [0.3, 0.4) is 0 Å². The molecule has 1 aromatic carbocycles. The van der Waals surface area contributed by atoms with Crippen LogP contribution in [0.5, 0.6) is 0 Å². The molecule has 0 unspecified atom stereocenters. The number of hydrogen-bond donors (Lipinski definition) is 3. The Kier molecular flexibility index (Phi) is 2.50. The van der Waals surface area contributed by atoms with Gasteiger partial charge in [0.05, 0.1) is 11.0 Å². The van der Waals surface area contributed by atoms with E-state index in [4.69, 9.17) is 5.21 Å². The van der Waals surface area contributed by atoms with Crippen LogP contribution in [0, 0.1) is 0 Å². The molecule has 1 heterocycles. The first-order valence-corrected chi connectivity index (χ1v) is 4.43. The van der Waals surface area contributed by atoms with Gasteiger partial charge in [0.15, 0.2) is 0 Å². The first kappa shape index (κ1) is 11.4. The average Bonchev–Trinajstić information content (AvgIpc) is 2.70. The van der Waals surface area contributed by atoms with Crippen LogP contribution in [0.15, 0.2) is 18.2 Å². The number of benzene rings is 1. The topological polar surface area (TPSA) is 78.0 Å². The van der Waals surface area contributed by atoms with E-state index in [0.717, 1.165) is 0 Å². The zero-order valence-electron chi connectivity index (χ0n) is 8.17. The van der Waals surface area contributed by atoms with Crippen molar-refractivity contribution in [1.82, 2.24) is 15.4 Å². The minimum Gasteiger partial charge on any atom is -0.334 e. The fourth-order valence-electron chi connectivity index (χ4n) is 1.35. The third-order valence-corrected chi connectivity index (χ3v) is 2.11. The summed E-state index contributed by atoms with van der Waals surface area (Å²) < 4.78 is 37.0. The number of hydroxylamine groups is 1. The molecule has 2 rings (SSSR count). The number of aromatic nitrogens is 2. The second-order valence-electron chi connectivity index (χ2n) is 3.26. The van der Waals surface area contributed by atoms with Crippen molar-refractivity contribution in [3.63, 3.8) is 0 Å². The minimum absolute atomic E-state index is 0.0253. The average molecular weight is 245 g/mol. The van der Waals surface area contributed by atoms with Crippen molar-refractivity contribution in [2.75, 3.05) is 0 Å². The molecule has 0 saturated carbocycles. The molecule has 3 N–H and O–H groups in total. The number of imidazole rings is 1. The fourth-order valence-corrected chi connectivity index (χ4v) is 1.35. The highest BCUT2D eigenvalue weighted by atomic mass is 19.4. The molecule has 90 valence electrons. The summed E-state index contributed by atoms with van der Waals surface area (Å²) in [5.74, 6) is -1.94. The molecule has 2 aromatic rings. The summed E-state index contributed by atoms with van der Waals surface area (Å²) in [6, 6.07) is 3.68. The second-order valence-corrected chi connectivity index (χ2v) is 3.26. The predicted molar refractivity (Wildman–Crippen MR) is 50.3 cm³/mol. The Balaban J connectivity index is 2.52. The number of amides is 1. The zero-order chi connectivity index (χ0) is 12.6. The van der Waals surface area contributed by atoms with Gasteiger partial charge in [-0.25, -0.2) is 10.5 Å². The number of hydrogen-bond acceptors (Lipinski definition) is 3. The molecule has 0 aliphatic rings. The maximum absolute atomic E-state index is 12.3. The summed E-state index contributed by atoms with van der Waals surface area (Å²) in [6.07, 6.45) is -4.57. The number of nitrogens with one attached hydrogen (secondary N) is 2. The number of fused-ring (bicyclic) bond motifs is 1. The number of aromatic amines is 1. The fraction of sp³-hybridized carbons (Fsp3) is 0.111. The van der Waals surface area contributed by atoms with Crippen LogP contribution in [0.1, 0.15) is 16.2 Å². The van der Waals surface area contributed by atoms with E-state index in [-0.39, 0.29) is 16.6 Å². The molecular formula is C9H6F3N3O2. The summed E-state index contributed by atoms with van der Waals surface area (Å²) in [6.45, 7) is 0. The van der Waals surface area contributed by atoms with E-state index in [9.17, 15) is 18.0 Å². The molecule has 0 radical (unpaired) electrons. The van der Waals surface area contributed by atoms with Gasteiger partial charge < -0.3 is 4.98 Å². The highest BCUT2D eigenvalue weighted by molar-refractivity contribution is 5.96. The van der Waals surface area contributed by atoms with E-state index < -0.39 is 17.9 Å². The molecule has 0 spiro atoms. The minimum atomic E-state index is -4.57. The molecule has 1 aromatic heterocycles. The van der Waals surface area contributed by atoms with Gasteiger partial charge in [0.2, 0.25) is 5.82 Å². The molecule has 8 heteroatoms. The van der Waals surface area contributed by atoms with Crippen LogP contribution in [0.25, 0.3) is 11.0 Å². The Morgan fingerprint density at radius 2 is 2.12 bits per heavy atom. The highest BCUT2D eigenvalue weighted by Gasteiger charge is 2.34. The van der Waals surface area contributed by atoms with Crippen molar-refractivity contribution in [2.24, 2.45) is 0 Å². The normalized spacial score (nSPS) is 11.8. The van der Waals surface area contributed by atoms with Gasteiger partial charge in [-0.15, -0.1) is 0 Å². The Morgan fingerprint density at radius 1 is 1.41 bits per heavy atom. The van der Waals surface area contributed by atoms with Crippen molar-refractivity contribution >= 4 is 16.9 Å². The summed E-state index contributed by atoms with van der Waals surface area (Å²) >= 11 is 0. The van der Waals surface area contributed by atoms with Crippen molar-refractivity contribution in [2.45, 2.75) is 6.18 Å². The number of carbonyl (C=O) groups excluding carboxylic acids is 1. The quantitative estimate of drug-likeness (QED) is 0.528. The predicted octanol–water partition coefficient (Wildman–Crippen LogP) is 1.70. The molecule has 0 fully saturated rings. The summed E-state index contributed by atoms with van der Waals surface area (Å²) in [5.41, 5.74) is 1.57. The van der Waals surface area contributed by atoms with Crippen LogP contribution >= 0.6 is 0 Å². The molecule has 5 nitrogen and oxygen atoms in total. The Bertz CT molecular complexity index is 576. The van der Waals surface area contributed by atoms with E-state index >= 15 is 0 Å². The molecule has 17 heavy (non-hydrogen) atoms. The van der Waals surface area contributed by atoms with Gasteiger partial charge in [0.1, 0.15) is 0 Å². The summed E-state index contributed by atoms with van der Waals surface area (Å²) in [4.78, 5) is 16.4. The van der Waals surface area contributed by atoms with Crippen LogP contribution in [-0.2, 0) is 6.18 Å². The van der Waals surface area contributed by atoms with Gasteiger partial charge in [0, 0.05) is 5.56 Å². The van der Waals surface area contributed by atoms with Crippen molar-refractivity contribution < 1.29 is 23.2 Å². The number of alkyl halides is 3. The van der Waals surface area contributed by atoms with Gasteiger partial charge in [-0.1, -0.05) is 0 Å². The molecule has 0 saturated heterocycles. The van der Waals surface area contributed by atoms with E-state index in [1.54, 1.807) is 0 Å². The third-order valence-electron chi connectivity index (χ3n) is 2.11. The lowest BCUT2D eigenvalue weighted by Gasteiger charge is -1.99. The SMILES string of the molecule is O=C(NO)c1ccc2nc(C(F)(F)F)[nH]c2c1. The standard InChI is InChI=1S/C9H6F3N3O2/c10-9(11,12)8-13-5-2-1-4(7(16)15-17)3-6(5)14-8/h1-3,17H,(H,13,14)(H,15,16). The van der Waals surface area contributed by atoms with Crippen LogP contribution in [0.4, 0.5) is 13.2 Å². The molecule has 0 atom stereocenters. The number of H-pyrrole nitrogens is 1. The maximum atomic E-state index is 12.3. The molecule has 0 aliphatic heterocycles. The lowest BCUT2D eigenvalue weighted by atomic mass is 10.2. The third kappa shape index (κ3) is 2.07. The Labute approximate surface area is 92.2 Å². The molecule has 0 aliphatic carbocycles. The Morgan fingerprint density at radius 3 is 2.71 bits per heavy atom. The van der Waals surface area contributed by atoms with Crippen LogP contribution < -0.4 is 5.48 Å². The van der Waals surface area contributed by atoms with Crippen molar-refractivity contribution in [3.05, 3.63) is 29.6 Å². The highest BCUT2D eigenvalue weighted by Crippen LogP contribution is 2.28. The molecule has 0 bridgehead atoms. The second kappa shape index (κ2) is 3.74. The summed E-state index contributed by atoms with van der Waals surface area (Å²) in [5, 5.41) is 8.39. The van der Waals surface area contributed by atoms with Crippen molar-refractivity contribution in [3.8, 4) is 0 Å². The lowest BCUT2D eigenvalue weighted by molar-refractivity contribution is -0.144. The maximum Gasteiger partial charge on any atom is 0.449 e. The van der Waals surface area contributed by atoms with Gasteiger partial charge in [-0.2, -0.15) is 13.2 Å².